The van der Waals surface area contributed by atoms with Crippen LogP contribution in [0.4, 0.5) is 0 Å². The second-order valence-corrected chi connectivity index (χ2v) is 15.8. The van der Waals surface area contributed by atoms with Gasteiger partial charge in [0.05, 0.1) is 26.2 Å². The normalized spacial score (nSPS) is 15.5. The van der Waals surface area contributed by atoms with Gasteiger partial charge < -0.3 is 0 Å². The molecule has 11 nitrogen and oxygen atoms in total. The number of benzene rings is 2. The van der Waals surface area contributed by atoms with E-state index in [1.165, 1.54) is 59.5 Å². The maximum absolute atomic E-state index is 13.4. The fourth-order valence-electron chi connectivity index (χ4n) is 5.67. The number of unbranched alkanes of at least 4 members (excludes halogenated alkanes) is 4. The second kappa shape index (κ2) is 16.1. The third-order valence-corrected chi connectivity index (χ3v) is 12.0. The van der Waals surface area contributed by atoms with Gasteiger partial charge in [-0.3, -0.25) is 29.3 Å². The molecule has 14 heteroatoms. The number of nitrogens with one attached hydrogen (secondary N) is 2. The van der Waals surface area contributed by atoms with Gasteiger partial charge in [-0.15, -0.1) is 11.3 Å². The van der Waals surface area contributed by atoms with Crippen molar-refractivity contribution in [3.8, 4) is 0 Å². The number of sulfonamides is 1. The Morgan fingerprint density at radius 3 is 2.44 bits per heavy atom. The van der Waals surface area contributed by atoms with Crippen molar-refractivity contribution in [1.29, 1.82) is 0 Å². The van der Waals surface area contributed by atoms with E-state index in [9.17, 15) is 32.8 Å². The summed E-state index contributed by atoms with van der Waals surface area (Å²) in [4.78, 5) is 56.6. The summed E-state index contributed by atoms with van der Waals surface area (Å²) in [5.74, 6) is -1.01. The number of aromatic nitrogens is 1. The monoisotopic (exact) mass is 710 g/mol. The number of allylic oxidation sites excluding steroid dienone is 3. The molecule has 254 valence electrons. The Hall–Kier alpha value is -3.69. The summed E-state index contributed by atoms with van der Waals surface area (Å²) >= 11 is 3.06. The van der Waals surface area contributed by atoms with Gasteiger partial charge in [-0.25, -0.2) is 18.9 Å². The van der Waals surface area contributed by atoms with Crippen molar-refractivity contribution < 1.29 is 32.8 Å². The fourth-order valence-corrected chi connectivity index (χ4v) is 9.14. The first-order valence-corrected chi connectivity index (χ1v) is 19.3. The molecule has 0 bridgehead atoms. The van der Waals surface area contributed by atoms with Crippen molar-refractivity contribution in [1.82, 2.24) is 20.1 Å². The highest BCUT2D eigenvalue weighted by molar-refractivity contribution is 8.01. The van der Waals surface area contributed by atoms with E-state index in [-0.39, 0.29) is 47.5 Å². The van der Waals surface area contributed by atoms with Gasteiger partial charge in [0, 0.05) is 25.1 Å². The Bertz CT molecular complexity index is 1850. The minimum absolute atomic E-state index is 0.0509. The van der Waals surface area contributed by atoms with Gasteiger partial charge >= 0.3 is 0 Å². The van der Waals surface area contributed by atoms with Gasteiger partial charge in [0.2, 0.25) is 10.0 Å². The number of hydrogen-bond donors (Lipinski definition) is 3. The molecular weight excluding hydrogens is 673 g/mol. The van der Waals surface area contributed by atoms with E-state index in [4.69, 9.17) is 0 Å². The lowest BCUT2D eigenvalue weighted by molar-refractivity contribution is -0.130. The summed E-state index contributed by atoms with van der Waals surface area (Å²) in [6, 6.07) is 9.78. The lowest BCUT2D eigenvalue weighted by atomic mass is 9.90. The number of Topliss-reactive ketones (excluding diaryl/α,β-unsaturated/α-hetero) is 1. The second-order valence-electron chi connectivity index (χ2n) is 11.8. The van der Waals surface area contributed by atoms with Crippen molar-refractivity contribution in [3.05, 3.63) is 76.9 Å². The smallest absolute Gasteiger partial charge is 0.261 e. The SMILES string of the molecule is CCCCCCCSc1nc2ccc(S(=O)(=O)N[C@H](CC3=CC=C(CCCN4C(=O)c5ccccc5C4=O)CC3=O)C(=O)NO)cc2s1. The zero-order chi connectivity index (χ0) is 34.3. The lowest BCUT2D eigenvalue weighted by Crippen LogP contribution is -2.46. The number of carbonyl (C=O) groups excluding carboxylic acids is 4. The summed E-state index contributed by atoms with van der Waals surface area (Å²) < 4.78 is 30.6. The quantitative estimate of drug-likeness (QED) is 0.0517. The van der Waals surface area contributed by atoms with E-state index < -0.39 is 22.0 Å². The maximum Gasteiger partial charge on any atom is 0.261 e. The molecule has 0 saturated carbocycles. The molecule has 0 radical (unpaired) electrons. The first-order valence-electron chi connectivity index (χ1n) is 16.0. The summed E-state index contributed by atoms with van der Waals surface area (Å²) in [6.45, 7) is 2.39. The van der Waals surface area contributed by atoms with Crippen LogP contribution in [0.25, 0.3) is 10.2 Å². The van der Waals surface area contributed by atoms with Crippen molar-refractivity contribution in [2.24, 2.45) is 0 Å². The molecule has 0 unspecified atom stereocenters. The Balaban J connectivity index is 1.19. The highest BCUT2D eigenvalue weighted by Gasteiger charge is 2.35. The zero-order valence-corrected chi connectivity index (χ0v) is 29.0. The molecule has 3 N–H and O–H groups in total. The topological polar surface area (TPSA) is 163 Å². The molecule has 48 heavy (non-hydrogen) atoms. The molecule has 2 heterocycles. The highest BCUT2D eigenvalue weighted by Crippen LogP contribution is 2.32. The van der Waals surface area contributed by atoms with Gasteiger partial charge in [0.1, 0.15) is 6.04 Å². The Labute approximate surface area is 287 Å². The molecule has 0 spiro atoms. The molecular formula is C34H38N4O7S3. The van der Waals surface area contributed by atoms with Crippen molar-refractivity contribution >= 4 is 66.8 Å². The van der Waals surface area contributed by atoms with E-state index in [0.29, 0.717) is 34.2 Å². The number of hydroxylamine groups is 1. The molecule has 2 aromatic carbocycles. The van der Waals surface area contributed by atoms with Crippen LogP contribution in [-0.4, -0.2) is 65.4 Å². The summed E-state index contributed by atoms with van der Waals surface area (Å²) in [7, 11) is -4.22. The van der Waals surface area contributed by atoms with Crippen molar-refractivity contribution in [3.63, 3.8) is 0 Å². The van der Waals surface area contributed by atoms with E-state index >= 15 is 0 Å². The van der Waals surface area contributed by atoms with Gasteiger partial charge in [-0.2, -0.15) is 4.72 Å². The molecule has 1 atom stereocenters. The molecule has 1 aliphatic carbocycles. The summed E-state index contributed by atoms with van der Waals surface area (Å²) in [5, 5.41) is 9.36. The molecule has 3 amide bonds. The number of thiazole rings is 1. The number of hydrogen-bond acceptors (Lipinski definition) is 10. The van der Waals surface area contributed by atoms with Gasteiger partial charge in [0.25, 0.3) is 17.7 Å². The van der Waals surface area contributed by atoms with Gasteiger partial charge in [0.15, 0.2) is 10.1 Å². The Morgan fingerprint density at radius 2 is 1.75 bits per heavy atom. The number of nitrogens with zero attached hydrogens (tertiary/aromatic N) is 2. The van der Waals surface area contributed by atoms with Crippen LogP contribution >= 0.6 is 23.1 Å². The summed E-state index contributed by atoms with van der Waals surface area (Å²) in [5.41, 5.74) is 3.96. The van der Waals surface area contributed by atoms with Crippen LogP contribution in [0.2, 0.25) is 0 Å². The predicted octanol–water partition coefficient (Wildman–Crippen LogP) is 5.80. The molecule has 1 aliphatic heterocycles. The number of thioether (sulfide) groups is 1. The molecule has 0 saturated heterocycles. The standard InChI is InChI=1S/C34H38N4O7S3/c1-2-3-4-5-8-18-46-34-35-27-16-15-24(21-30(27)47-34)48(44,45)37-28(31(40)36-43)20-23-14-13-22(19-29(23)39)10-9-17-38-32(41)25-11-6-7-12-26(25)33(38)42/h6-7,11-16,21,28,37,43H,2-5,8-10,17-20H2,1H3,(H,36,40)/t28-/m1/s1. The number of ketones is 1. The molecule has 5 rings (SSSR count). The number of imide groups is 1. The average Bonchev–Trinajstić information content (AvgIpc) is 3.60. The van der Waals surface area contributed by atoms with Crippen LogP contribution in [0.15, 0.2) is 75.0 Å². The van der Waals surface area contributed by atoms with E-state index in [2.05, 4.69) is 16.6 Å². The minimum atomic E-state index is -4.22. The van der Waals surface area contributed by atoms with Crippen molar-refractivity contribution in [2.75, 3.05) is 12.3 Å². The third-order valence-electron chi connectivity index (χ3n) is 8.30. The minimum Gasteiger partial charge on any atom is -0.294 e. The van der Waals surface area contributed by atoms with E-state index in [1.807, 2.05) is 0 Å². The fraction of sp³-hybridized carbons (Fsp3) is 0.382. The largest absolute Gasteiger partial charge is 0.294 e. The predicted molar refractivity (Wildman–Crippen MR) is 185 cm³/mol. The maximum atomic E-state index is 13.4. The number of amides is 3. The van der Waals surface area contributed by atoms with E-state index in [1.54, 1.807) is 54.2 Å². The third kappa shape index (κ3) is 8.47. The van der Waals surface area contributed by atoms with Crippen LogP contribution in [0, 0.1) is 0 Å². The lowest BCUT2D eigenvalue weighted by Gasteiger charge is -2.20. The van der Waals surface area contributed by atoms with Gasteiger partial charge in [-0.1, -0.05) is 74.2 Å². The Kier molecular flexibility index (Phi) is 12.0. The van der Waals surface area contributed by atoms with Crippen LogP contribution < -0.4 is 10.2 Å². The first-order chi connectivity index (χ1) is 23.1. The Morgan fingerprint density at radius 1 is 1.02 bits per heavy atom. The molecule has 1 aromatic heterocycles. The molecule has 3 aromatic rings. The molecule has 0 fully saturated rings. The van der Waals surface area contributed by atoms with Crippen molar-refractivity contribution in [2.45, 2.75) is 80.0 Å². The molecule has 2 aliphatic rings. The van der Waals surface area contributed by atoms with Crippen LogP contribution in [0.5, 0.6) is 0 Å². The highest BCUT2D eigenvalue weighted by atomic mass is 32.2. The van der Waals surface area contributed by atoms with Gasteiger partial charge in [-0.05, 0) is 55.2 Å². The van der Waals surface area contributed by atoms with Crippen LogP contribution in [-0.2, 0) is 19.6 Å². The summed E-state index contributed by atoms with van der Waals surface area (Å²) in [6.07, 6.45) is 9.89. The number of rotatable bonds is 17. The zero-order valence-electron chi connectivity index (χ0n) is 26.6. The van der Waals surface area contributed by atoms with Crippen LogP contribution in [0.1, 0.15) is 85.4 Å². The number of fused-ring (bicyclic) bond motifs is 2. The number of carbonyl (C=O) groups is 4. The average molecular weight is 711 g/mol. The van der Waals surface area contributed by atoms with E-state index in [0.717, 1.165) is 22.1 Å². The first kappa shape index (κ1) is 35.6. The van der Waals surface area contributed by atoms with Crippen LogP contribution in [0.3, 0.4) is 0 Å².